The third-order valence-corrected chi connectivity index (χ3v) is 9.17. The van der Waals surface area contributed by atoms with Gasteiger partial charge in [-0.25, -0.2) is 0 Å². The molecular weight excluding hydrogens is 312 g/mol. The second-order valence-electron chi connectivity index (χ2n) is 10.3. The summed E-state index contributed by atoms with van der Waals surface area (Å²) >= 11 is 0. The molecule has 0 heterocycles. The zero-order chi connectivity index (χ0) is 17.8. The predicted molar refractivity (Wildman–Crippen MR) is 99.1 cm³/mol. The van der Waals surface area contributed by atoms with E-state index in [1.807, 2.05) is 6.92 Å². The molecule has 144 valence electrons. The molecule has 3 heteroatoms. The summed E-state index contributed by atoms with van der Waals surface area (Å²) < 4.78 is 5.30. The zero-order valence-electron chi connectivity index (χ0n) is 16.4. The molecule has 3 nitrogen and oxygen atoms in total. The summed E-state index contributed by atoms with van der Waals surface area (Å²) in [6, 6.07) is 0. The lowest BCUT2D eigenvalue weighted by Crippen LogP contribution is -2.52. The number of hydrogen-bond acceptors (Lipinski definition) is 3. The maximum atomic E-state index is 10.8. The molecule has 0 amide bonds. The van der Waals surface area contributed by atoms with Crippen LogP contribution in [0, 0.1) is 40.9 Å². The first-order chi connectivity index (χ1) is 11.9. The van der Waals surface area contributed by atoms with Gasteiger partial charge in [0.15, 0.2) is 0 Å². The largest absolute Gasteiger partial charge is 0.393 e. The Morgan fingerprint density at radius 1 is 1.00 bits per heavy atom. The van der Waals surface area contributed by atoms with Gasteiger partial charge in [-0.1, -0.05) is 6.92 Å². The standard InChI is InChI=1S/C22H38O3/c1-14(23)19-6-7-20-18-5-4-15-12-22(24,13-25-3)11-9-16(15)17(18)8-10-21(19,20)2/h14-20,23-24H,4-13H2,1-3H3/t14?,15-,16?,17-,18-,19-,20+,21-,22-/m1/s1. The number of aliphatic hydroxyl groups is 2. The van der Waals surface area contributed by atoms with Gasteiger partial charge in [0.05, 0.1) is 18.3 Å². The Hall–Kier alpha value is -0.120. The number of hydrogen-bond donors (Lipinski definition) is 2. The molecule has 0 aromatic heterocycles. The summed E-state index contributed by atoms with van der Waals surface area (Å²) in [6.07, 6.45) is 10.8. The van der Waals surface area contributed by atoms with E-state index in [4.69, 9.17) is 4.74 Å². The Bertz CT molecular complexity index is 492. The molecule has 0 aliphatic heterocycles. The van der Waals surface area contributed by atoms with Gasteiger partial charge in [0, 0.05) is 7.11 Å². The highest BCUT2D eigenvalue weighted by molar-refractivity contribution is 5.07. The molecule has 4 aliphatic rings. The van der Waals surface area contributed by atoms with E-state index < -0.39 is 5.60 Å². The van der Waals surface area contributed by atoms with Crippen molar-refractivity contribution < 1.29 is 14.9 Å². The number of aliphatic hydroxyl groups excluding tert-OH is 1. The first kappa shape index (κ1) is 18.3. The van der Waals surface area contributed by atoms with Gasteiger partial charge in [0.25, 0.3) is 0 Å². The van der Waals surface area contributed by atoms with E-state index in [0.717, 1.165) is 36.5 Å². The van der Waals surface area contributed by atoms with Crippen molar-refractivity contribution >= 4 is 0 Å². The van der Waals surface area contributed by atoms with Crippen molar-refractivity contribution in [3.8, 4) is 0 Å². The van der Waals surface area contributed by atoms with Gasteiger partial charge in [0.2, 0.25) is 0 Å². The van der Waals surface area contributed by atoms with Crippen LogP contribution in [-0.4, -0.2) is 35.6 Å². The van der Waals surface area contributed by atoms with E-state index in [1.165, 1.54) is 44.9 Å². The molecule has 4 aliphatic carbocycles. The second-order valence-corrected chi connectivity index (χ2v) is 10.3. The van der Waals surface area contributed by atoms with E-state index in [9.17, 15) is 10.2 Å². The minimum Gasteiger partial charge on any atom is -0.393 e. The van der Waals surface area contributed by atoms with Crippen LogP contribution in [0.3, 0.4) is 0 Å². The normalized spacial score (nSPS) is 53.6. The van der Waals surface area contributed by atoms with Gasteiger partial charge in [-0.05, 0) is 106 Å². The molecule has 0 spiro atoms. The van der Waals surface area contributed by atoms with Crippen molar-refractivity contribution in [2.45, 2.75) is 83.3 Å². The van der Waals surface area contributed by atoms with Gasteiger partial charge in [-0.15, -0.1) is 0 Å². The third kappa shape index (κ3) is 2.89. The molecule has 25 heavy (non-hydrogen) atoms. The molecule has 9 atom stereocenters. The molecule has 2 unspecified atom stereocenters. The first-order valence-corrected chi connectivity index (χ1v) is 10.8. The summed E-state index contributed by atoms with van der Waals surface area (Å²) in [5.74, 6) is 4.61. The number of methoxy groups -OCH3 is 1. The Balaban J connectivity index is 1.50. The average molecular weight is 351 g/mol. The lowest BCUT2D eigenvalue weighted by molar-refractivity contribution is -0.127. The number of ether oxygens (including phenoxy) is 1. The summed E-state index contributed by atoms with van der Waals surface area (Å²) in [4.78, 5) is 0. The van der Waals surface area contributed by atoms with Crippen molar-refractivity contribution in [2.24, 2.45) is 40.9 Å². The maximum absolute atomic E-state index is 10.8. The molecule has 4 saturated carbocycles. The number of fused-ring (bicyclic) bond motifs is 5. The van der Waals surface area contributed by atoms with Crippen LogP contribution >= 0.6 is 0 Å². The highest BCUT2D eigenvalue weighted by Gasteiger charge is 2.58. The molecule has 0 bridgehead atoms. The van der Waals surface area contributed by atoms with Crippen molar-refractivity contribution in [3.63, 3.8) is 0 Å². The highest BCUT2D eigenvalue weighted by atomic mass is 16.5. The van der Waals surface area contributed by atoms with Crippen LogP contribution in [0.5, 0.6) is 0 Å². The quantitative estimate of drug-likeness (QED) is 0.808. The smallest absolute Gasteiger partial charge is 0.0882 e. The van der Waals surface area contributed by atoms with Crippen LogP contribution in [0.1, 0.15) is 71.6 Å². The summed E-state index contributed by atoms with van der Waals surface area (Å²) in [7, 11) is 1.71. The van der Waals surface area contributed by atoms with Crippen LogP contribution in [0.15, 0.2) is 0 Å². The molecule has 0 saturated heterocycles. The lowest BCUT2D eigenvalue weighted by atomic mass is 9.49. The Kier molecular flexibility index (Phi) is 4.74. The predicted octanol–water partition coefficient (Wildman–Crippen LogP) is 4.01. The van der Waals surface area contributed by atoms with E-state index in [2.05, 4.69) is 6.92 Å². The van der Waals surface area contributed by atoms with Gasteiger partial charge in [0.1, 0.15) is 0 Å². The van der Waals surface area contributed by atoms with Gasteiger partial charge in [-0.2, -0.15) is 0 Å². The van der Waals surface area contributed by atoms with E-state index in [0.29, 0.717) is 23.9 Å². The Morgan fingerprint density at radius 2 is 1.76 bits per heavy atom. The van der Waals surface area contributed by atoms with Gasteiger partial charge >= 0.3 is 0 Å². The van der Waals surface area contributed by atoms with E-state index in [-0.39, 0.29) is 6.10 Å². The lowest BCUT2D eigenvalue weighted by Gasteiger charge is -2.57. The van der Waals surface area contributed by atoms with Crippen LogP contribution in [0.4, 0.5) is 0 Å². The molecule has 2 N–H and O–H groups in total. The van der Waals surface area contributed by atoms with E-state index >= 15 is 0 Å². The monoisotopic (exact) mass is 350 g/mol. The third-order valence-electron chi connectivity index (χ3n) is 9.17. The van der Waals surface area contributed by atoms with Crippen LogP contribution in [-0.2, 0) is 4.74 Å². The molecular formula is C22H38O3. The maximum Gasteiger partial charge on any atom is 0.0882 e. The van der Waals surface area contributed by atoms with Crippen molar-refractivity contribution in [1.29, 1.82) is 0 Å². The number of rotatable bonds is 3. The Morgan fingerprint density at radius 3 is 2.48 bits per heavy atom. The van der Waals surface area contributed by atoms with Gasteiger partial charge in [-0.3, -0.25) is 0 Å². The van der Waals surface area contributed by atoms with Crippen LogP contribution < -0.4 is 0 Å². The van der Waals surface area contributed by atoms with Crippen molar-refractivity contribution in [3.05, 3.63) is 0 Å². The first-order valence-electron chi connectivity index (χ1n) is 10.8. The fourth-order valence-corrected chi connectivity index (χ4v) is 8.20. The minimum atomic E-state index is -0.573. The molecule has 4 rings (SSSR count). The van der Waals surface area contributed by atoms with Crippen LogP contribution in [0.25, 0.3) is 0 Å². The highest BCUT2D eigenvalue weighted by Crippen LogP contribution is 2.65. The molecule has 0 aromatic rings. The Labute approximate surface area is 153 Å². The van der Waals surface area contributed by atoms with Crippen molar-refractivity contribution in [1.82, 2.24) is 0 Å². The molecule has 0 radical (unpaired) electrons. The minimum absolute atomic E-state index is 0.151. The molecule has 4 fully saturated rings. The summed E-state index contributed by atoms with van der Waals surface area (Å²) in [5, 5.41) is 21.1. The van der Waals surface area contributed by atoms with E-state index in [1.54, 1.807) is 7.11 Å². The zero-order valence-corrected chi connectivity index (χ0v) is 16.4. The fourth-order valence-electron chi connectivity index (χ4n) is 8.20. The SMILES string of the molecule is COC[C@@]1(O)CCC2[C@H](CC[C@@H]3[C@@H]2CC[C@]2(C)[C@@H](C(C)O)CC[C@@H]32)C1. The summed E-state index contributed by atoms with van der Waals surface area (Å²) in [5.41, 5.74) is -0.204. The van der Waals surface area contributed by atoms with Gasteiger partial charge < -0.3 is 14.9 Å². The fraction of sp³-hybridized carbons (Fsp3) is 1.00. The summed E-state index contributed by atoms with van der Waals surface area (Å²) in [6.45, 7) is 5.00. The second kappa shape index (κ2) is 6.49. The van der Waals surface area contributed by atoms with Crippen LogP contribution in [0.2, 0.25) is 0 Å². The molecule has 0 aromatic carbocycles. The van der Waals surface area contributed by atoms with Crippen molar-refractivity contribution in [2.75, 3.05) is 13.7 Å². The topological polar surface area (TPSA) is 49.7 Å². The average Bonchev–Trinajstić information content (AvgIpc) is 2.91.